The topological polar surface area (TPSA) is 59.1 Å². The van der Waals surface area contributed by atoms with E-state index < -0.39 is 0 Å². The second-order valence-corrected chi connectivity index (χ2v) is 6.40. The van der Waals surface area contributed by atoms with E-state index in [1.54, 1.807) is 31.3 Å². The molecule has 0 N–H and O–H groups in total. The predicted molar refractivity (Wildman–Crippen MR) is 102 cm³/mol. The Morgan fingerprint density at radius 2 is 1.48 bits per heavy atom. The fourth-order valence-corrected chi connectivity index (χ4v) is 3.18. The molecule has 2 amide bonds. The summed E-state index contributed by atoms with van der Waals surface area (Å²) in [6.07, 6.45) is 0.352. The molecule has 2 aromatic carbocycles. The van der Waals surface area contributed by atoms with Crippen LogP contribution in [0.1, 0.15) is 15.9 Å². The van der Waals surface area contributed by atoms with Crippen molar-refractivity contribution in [3.63, 3.8) is 0 Å². The molecule has 27 heavy (non-hydrogen) atoms. The molecule has 0 aromatic heterocycles. The maximum absolute atomic E-state index is 12.7. The minimum absolute atomic E-state index is 0.0605. The van der Waals surface area contributed by atoms with Gasteiger partial charge >= 0.3 is 0 Å². The molecule has 0 bridgehead atoms. The van der Waals surface area contributed by atoms with Crippen molar-refractivity contribution in [2.45, 2.75) is 6.42 Å². The Labute approximate surface area is 159 Å². The summed E-state index contributed by atoms with van der Waals surface area (Å²) in [6, 6.07) is 14.7. The molecule has 6 heteroatoms. The Bertz CT molecular complexity index is 796. The van der Waals surface area contributed by atoms with E-state index in [2.05, 4.69) is 0 Å². The summed E-state index contributed by atoms with van der Waals surface area (Å²) < 4.78 is 10.4. The van der Waals surface area contributed by atoms with E-state index >= 15 is 0 Å². The van der Waals surface area contributed by atoms with Crippen LogP contribution in [0.15, 0.2) is 48.5 Å². The molecule has 6 nitrogen and oxygen atoms in total. The van der Waals surface area contributed by atoms with Crippen LogP contribution in [-0.2, 0) is 11.2 Å². The second kappa shape index (κ2) is 8.58. The van der Waals surface area contributed by atoms with Gasteiger partial charge in [-0.15, -0.1) is 0 Å². The van der Waals surface area contributed by atoms with Gasteiger partial charge in [0.15, 0.2) is 0 Å². The van der Waals surface area contributed by atoms with Gasteiger partial charge in [-0.2, -0.15) is 0 Å². The largest absolute Gasteiger partial charge is 0.497 e. The highest BCUT2D eigenvalue weighted by Crippen LogP contribution is 2.20. The molecule has 1 fully saturated rings. The summed E-state index contributed by atoms with van der Waals surface area (Å²) in [7, 11) is 3.17. The molecule has 1 saturated heterocycles. The molecular weight excluding hydrogens is 344 g/mol. The standard InChI is InChI=1S/C21H24N2O4/c1-26-17-9-7-16(8-10-17)15-20(24)22-11-13-23(14-12-22)21(25)18-5-3-4-6-19(18)27-2/h3-10H,11-15H2,1-2H3. The third-order valence-corrected chi connectivity index (χ3v) is 4.77. The Morgan fingerprint density at radius 1 is 0.852 bits per heavy atom. The normalized spacial score (nSPS) is 14.0. The third kappa shape index (κ3) is 4.39. The number of carbonyl (C=O) groups is 2. The molecule has 0 unspecified atom stereocenters. The van der Waals surface area contributed by atoms with Gasteiger partial charge in [0.05, 0.1) is 26.2 Å². The van der Waals surface area contributed by atoms with E-state index in [0.29, 0.717) is 43.9 Å². The van der Waals surface area contributed by atoms with Gasteiger partial charge in [0.2, 0.25) is 5.91 Å². The molecule has 0 saturated carbocycles. The zero-order valence-corrected chi connectivity index (χ0v) is 15.7. The van der Waals surface area contributed by atoms with Gasteiger partial charge in [0, 0.05) is 26.2 Å². The summed E-state index contributed by atoms with van der Waals surface area (Å²) in [6.45, 7) is 2.11. The Hall–Kier alpha value is -3.02. The highest BCUT2D eigenvalue weighted by Gasteiger charge is 2.26. The number of hydrogen-bond acceptors (Lipinski definition) is 4. The van der Waals surface area contributed by atoms with Crippen LogP contribution in [0.4, 0.5) is 0 Å². The number of piperazine rings is 1. The molecule has 1 heterocycles. The molecule has 1 aliphatic rings. The summed E-state index contributed by atoms with van der Waals surface area (Å²) in [5, 5.41) is 0. The zero-order chi connectivity index (χ0) is 19.2. The fraction of sp³-hybridized carbons (Fsp3) is 0.333. The summed E-state index contributed by atoms with van der Waals surface area (Å²) in [4.78, 5) is 28.9. The minimum atomic E-state index is -0.0605. The monoisotopic (exact) mass is 368 g/mol. The Morgan fingerprint density at radius 3 is 2.11 bits per heavy atom. The van der Waals surface area contributed by atoms with E-state index in [9.17, 15) is 9.59 Å². The number of amides is 2. The van der Waals surface area contributed by atoms with Crippen LogP contribution >= 0.6 is 0 Å². The van der Waals surface area contributed by atoms with Crippen LogP contribution in [0.25, 0.3) is 0 Å². The van der Waals surface area contributed by atoms with Crippen molar-refractivity contribution in [2.75, 3.05) is 40.4 Å². The van der Waals surface area contributed by atoms with Crippen molar-refractivity contribution >= 4 is 11.8 Å². The van der Waals surface area contributed by atoms with E-state index in [1.807, 2.05) is 41.3 Å². The molecule has 3 rings (SSSR count). The average molecular weight is 368 g/mol. The van der Waals surface area contributed by atoms with E-state index in [0.717, 1.165) is 11.3 Å². The number of para-hydroxylation sites is 1. The zero-order valence-electron chi connectivity index (χ0n) is 15.7. The molecule has 0 radical (unpaired) electrons. The molecule has 2 aromatic rings. The number of hydrogen-bond donors (Lipinski definition) is 0. The lowest BCUT2D eigenvalue weighted by Crippen LogP contribution is -2.51. The lowest BCUT2D eigenvalue weighted by atomic mass is 10.1. The lowest BCUT2D eigenvalue weighted by Gasteiger charge is -2.35. The van der Waals surface area contributed by atoms with Gasteiger partial charge in [0.25, 0.3) is 5.91 Å². The second-order valence-electron chi connectivity index (χ2n) is 6.40. The minimum Gasteiger partial charge on any atom is -0.497 e. The summed E-state index contributed by atoms with van der Waals surface area (Å²) in [5.41, 5.74) is 1.51. The predicted octanol–water partition coefficient (Wildman–Crippen LogP) is 2.23. The van der Waals surface area contributed by atoms with Gasteiger partial charge < -0.3 is 19.3 Å². The van der Waals surface area contributed by atoms with Crippen LogP contribution in [0.5, 0.6) is 11.5 Å². The van der Waals surface area contributed by atoms with Crippen molar-refractivity contribution in [3.8, 4) is 11.5 Å². The first-order valence-electron chi connectivity index (χ1n) is 8.95. The number of ether oxygens (including phenoxy) is 2. The number of rotatable bonds is 5. The van der Waals surface area contributed by atoms with Crippen molar-refractivity contribution in [3.05, 3.63) is 59.7 Å². The molecule has 0 atom stereocenters. The Balaban J connectivity index is 1.56. The number of benzene rings is 2. The van der Waals surface area contributed by atoms with Crippen LogP contribution in [-0.4, -0.2) is 62.0 Å². The third-order valence-electron chi connectivity index (χ3n) is 4.77. The maximum Gasteiger partial charge on any atom is 0.257 e. The first-order valence-corrected chi connectivity index (χ1v) is 8.95. The highest BCUT2D eigenvalue weighted by molar-refractivity contribution is 5.97. The van der Waals surface area contributed by atoms with Crippen molar-refractivity contribution < 1.29 is 19.1 Å². The number of carbonyl (C=O) groups excluding carboxylic acids is 2. The molecule has 142 valence electrons. The lowest BCUT2D eigenvalue weighted by molar-refractivity contribution is -0.131. The van der Waals surface area contributed by atoms with E-state index in [1.165, 1.54) is 0 Å². The van der Waals surface area contributed by atoms with Gasteiger partial charge in [0.1, 0.15) is 11.5 Å². The summed E-state index contributed by atoms with van der Waals surface area (Å²) >= 11 is 0. The first kappa shape index (κ1) is 18.8. The average Bonchev–Trinajstić information content (AvgIpc) is 2.73. The van der Waals surface area contributed by atoms with E-state index in [4.69, 9.17) is 9.47 Å². The SMILES string of the molecule is COc1ccc(CC(=O)N2CCN(C(=O)c3ccccc3OC)CC2)cc1. The van der Waals surface area contributed by atoms with Crippen LogP contribution in [0.3, 0.4) is 0 Å². The van der Waals surface area contributed by atoms with Gasteiger partial charge in [-0.05, 0) is 29.8 Å². The van der Waals surface area contributed by atoms with Crippen molar-refractivity contribution in [1.82, 2.24) is 9.80 Å². The molecule has 1 aliphatic heterocycles. The molecule has 0 aliphatic carbocycles. The van der Waals surface area contributed by atoms with Crippen molar-refractivity contribution in [2.24, 2.45) is 0 Å². The van der Waals surface area contributed by atoms with Crippen LogP contribution in [0.2, 0.25) is 0 Å². The van der Waals surface area contributed by atoms with Crippen LogP contribution in [0, 0.1) is 0 Å². The van der Waals surface area contributed by atoms with E-state index in [-0.39, 0.29) is 11.8 Å². The Kier molecular flexibility index (Phi) is 5.96. The molecule has 0 spiro atoms. The van der Waals surface area contributed by atoms with Gasteiger partial charge in [-0.1, -0.05) is 24.3 Å². The highest BCUT2D eigenvalue weighted by atomic mass is 16.5. The number of methoxy groups -OCH3 is 2. The first-order chi connectivity index (χ1) is 13.1. The smallest absolute Gasteiger partial charge is 0.257 e. The quantitative estimate of drug-likeness (QED) is 0.812. The number of nitrogens with zero attached hydrogens (tertiary/aromatic N) is 2. The van der Waals surface area contributed by atoms with Crippen molar-refractivity contribution in [1.29, 1.82) is 0 Å². The maximum atomic E-state index is 12.7. The summed E-state index contributed by atoms with van der Waals surface area (Å²) in [5.74, 6) is 1.36. The fourth-order valence-electron chi connectivity index (χ4n) is 3.18. The van der Waals surface area contributed by atoms with Crippen LogP contribution < -0.4 is 9.47 Å². The van der Waals surface area contributed by atoms with Gasteiger partial charge in [-0.3, -0.25) is 9.59 Å². The molecular formula is C21H24N2O4. The van der Waals surface area contributed by atoms with Gasteiger partial charge in [-0.25, -0.2) is 0 Å².